The van der Waals surface area contributed by atoms with E-state index in [1.807, 2.05) is 4.90 Å². The molecule has 1 amide bonds. The smallest absolute Gasteiger partial charge is 0.304 e. The Bertz CT molecular complexity index is 913. The van der Waals surface area contributed by atoms with Crippen LogP contribution in [-0.2, 0) is 26.1 Å². The molecule has 1 N–H and O–H groups in total. The van der Waals surface area contributed by atoms with Crippen LogP contribution in [-0.4, -0.2) is 69.5 Å². The average Bonchev–Trinajstić information content (AvgIpc) is 2.75. The number of amides is 1. The van der Waals surface area contributed by atoms with Gasteiger partial charge in [0.25, 0.3) is 0 Å². The molecule has 0 saturated carbocycles. The minimum absolute atomic E-state index is 0.0387. The van der Waals surface area contributed by atoms with Crippen LogP contribution in [0.4, 0.5) is 4.39 Å². The molecule has 1 heterocycles. The fourth-order valence-corrected chi connectivity index (χ4v) is 4.36. The normalized spacial score (nSPS) is 15.5. The largest absolute Gasteiger partial charge is 0.481 e. The first-order chi connectivity index (χ1) is 14.9. The molecule has 1 saturated heterocycles. The van der Waals surface area contributed by atoms with Crippen LogP contribution in [0.1, 0.15) is 12.0 Å². The molecule has 2 aromatic rings. The maximum absolute atomic E-state index is 13.0. The molecule has 1 aliphatic heterocycles. The highest BCUT2D eigenvalue weighted by Gasteiger charge is 2.22. The maximum Gasteiger partial charge on any atom is 0.304 e. The minimum Gasteiger partial charge on any atom is -0.481 e. The van der Waals surface area contributed by atoms with Crippen LogP contribution in [0.25, 0.3) is 0 Å². The summed E-state index contributed by atoms with van der Waals surface area (Å²) in [5, 5.41) is 8.75. The first kappa shape index (κ1) is 22.9. The van der Waals surface area contributed by atoms with Gasteiger partial charge in [0.1, 0.15) is 23.1 Å². The van der Waals surface area contributed by atoms with Crippen LogP contribution in [0.5, 0.6) is 11.5 Å². The Morgan fingerprint density at radius 1 is 0.968 bits per heavy atom. The third-order valence-corrected chi connectivity index (χ3v) is 6.18. The van der Waals surface area contributed by atoms with Gasteiger partial charge in [-0.25, -0.2) is 4.39 Å². The minimum atomic E-state index is -1.33. The summed E-state index contributed by atoms with van der Waals surface area (Å²) in [5.74, 6) is 0.0185. The lowest BCUT2D eigenvalue weighted by Gasteiger charge is -2.34. The summed E-state index contributed by atoms with van der Waals surface area (Å²) < 4.78 is 31.0. The Kier molecular flexibility index (Phi) is 8.13. The molecule has 0 bridgehead atoms. The molecule has 3 rings (SSSR count). The number of carboxylic acids is 1. The van der Waals surface area contributed by atoms with Crippen molar-refractivity contribution in [2.75, 3.05) is 38.5 Å². The molecule has 1 unspecified atom stereocenters. The summed E-state index contributed by atoms with van der Waals surface area (Å²) in [6.07, 6.45) is 0.0890. The number of carbonyl (C=O) groups is 2. The van der Waals surface area contributed by atoms with Gasteiger partial charge in [-0.15, -0.1) is 0 Å². The number of halogens is 1. The number of hydrogen-bond donors (Lipinski definition) is 1. The Hall–Kier alpha value is -2.78. The summed E-state index contributed by atoms with van der Waals surface area (Å²) in [7, 11) is -1.33. The van der Waals surface area contributed by atoms with Gasteiger partial charge in [-0.05, 0) is 42.0 Å². The van der Waals surface area contributed by atoms with Crippen LogP contribution >= 0.6 is 0 Å². The molecule has 1 atom stereocenters. The van der Waals surface area contributed by atoms with Gasteiger partial charge in [0, 0.05) is 49.3 Å². The van der Waals surface area contributed by atoms with E-state index in [4.69, 9.17) is 9.84 Å². The standard InChI is InChI=1S/C22H25FN2O5S/c23-18-3-7-20(8-4-18)30-19-5-1-17(2-6-19)15-31(29)16-21(26)25-13-11-24(12-14-25)10-9-22(27)28/h1-8H,9-16H2,(H,27,28). The highest BCUT2D eigenvalue weighted by Crippen LogP contribution is 2.22. The molecular formula is C22H25FN2O5S. The molecule has 1 fully saturated rings. The monoisotopic (exact) mass is 448 g/mol. The average molecular weight is 449 g/mol. The van der Waals surface area contributed by atoms with E-state index in [9.17, 15) is 18.2 Å². The molecule has 0 aromatic heterocycles. The fourth-order valence-electron chi connectivity index (χ4n) is 3.23. The number of carboxylic acid groups (broad SMARTS) is 1. The van der Waals surface area contributed by atoms with Gasteiger partial charge in [-0.2, -0.15) is 0 Å². The zero-order chi connectivity index (χ0) is 22.2. The second-order valence-electron chi connectivity index (χ2n) is 7.29. The molecule has 2 aromatic carbocycles. The quantitative estimate of drug-likeness (QED) is 0.634. The van der Waals surface area contributed by atoms with Crippen molar-refractivity contribution in [2.24, 2.45) is 0 Å². The molecular weight excluding hydrogens is 423 g/mol. The molecule has 1 aliphatic rings. The van der Waals surface area contributed by atoms with Gasteiger partial charge in [-0.3, -0.25) is 18.7 Å². The number of carbonyl (C=O) groups excluding carboxylic acids is 1. The Labute approximate surface area is 182 Å². The zero-order valence-corrected chi connectivity index (χ0v) is 17.9. The van der Waals surface area contributed by atoms with Crippen molar-refractivity contribution in [3.63, 3.8) is 0 Å². The summed E-state index contributed by atoms with van der Waals surface area (Å²) in [6.45, 7) is 2.77. The van der Waals surface area contributed by atoms with Crippen LogP contribution in [0, 0.1) is 5.82 Å². The molecule has 0 aliphatic carbocycles. The lowest BCUT2D eigenvalue weighted by Crippen LogP contribution is -2.50. The number of ether oxygens (including phenoxy) is 1. The van der Waals surface area contributed by atoms with Crippen molar-refractivity contribution < 1.29 is 28.0 Å². The Morgan fingerprint density at radius 2 is 1.55 bits per heavy atom. The SMILES string of the molecule is O=C(O)CCN1CCN(C(=O)CS(=O)Cc2ccc(Oc3ccc(F)cc3)cc2)CC1. The van der Waals surface area contributed by atoms with Crippen molar-refractivity contribution in [2.45, 2.75) is 12.2 Å². The van der Waals surface area contributed by atoms with Crippen LogP contribution < -0.4 is 4.74 Å². The van der Waals surface area contributed by atoms with Gasteiger partial charge < -0.3 is 14.7 Å². The number of rotatable bonds is 9. The van der Waals surface area contributed by atoms with Crippen LogP contribution in [0.3, 0.4) is 0 Å². The molecule has 0 spiro atoms. The van der Waals surface area contributed by atoms with Gasteiger partial charge in [0.15, 0.2) is 0 Å². The first-order valence-corrected chi connectivity index (χ1v) is 11.5. The highest BCUT2D eigenvalue weighted by atomic mass is 32.2. The zero-order valence-electron chi connectivity index (χ0n) is 17.0. The van der Waals surface area contributed by atoms with E-state index in [0.717, 1.165) is 5.56 Å². The van der Waals surface area contributed by atoms with E-state index in [1.165, 1.54) is 24.3 Å². The number of piperazine rings is 1. The van der Waals surface area contributed by atoms with Gasteiger partial charge in [0.05, 0.1) is 6.42 Å². The van der Waals surface area contributed by atoms with E-state index in [0.29, 0.717) is 44.2 Å². The topological polar surface area (TPSA) is 87.2 Å². The molecule has 166 valence electrons. The Morgan fingerprint density at radius 3 is 2.13 bits per heavy atom. The molecule has 9 heteroatoms. The summed E-state index contributed by atoms with van der Waals surface area (Å²) in [6, 6.07) is 12.8. The maximum atomic E-state index is 13.0. The predicted octanol–water partition coefficient (Wildman–Crippen LogP) is 2.49. The van der Waals surface area contributed by atoms with Crippen molar-refractivity contribution in [3.8, 4) is 11.5 Å². The first-order valence-electron chi connectivity index (χ1n) is 9.98. The third-order valence-electron chi connectivity index (χ3n) is 4.95. The van der Waals surface area contributed by atoms with E-state index < -0.39 is 16.8 Å². The fraction of sp³-hybridized carbons (Fsp3) is 0.364. The number of benzene rings is 2. The van der Waals surface area contributed by atoms with Crippen molar-refractivity contribution >= 4 is 22.7 Å². The lowest BCUT2D eigenvalue weighted by molar-refractivity contribution is -0.138. The van der Waals surface area contributed by atoms with Crippen molar-refractivity contribution in [1.82, 2.24) is 9.80 Å². The summed E-state index contributed by atoms with van der Waals surface area (Å²) >= 11 is 0. The van der Waals surface area contributed by atoms with Gasteiger partial charge in [-0.1, -0.05) is 12.1 Å². The highest BCUT2D eigenvalue weighted by molar-refractivity contribution is 7.84. The number of aliphatic carboxylic acids is 1. The van der Waals surface area contributed by atoms with Crippen LogP contribution in [0.15, 0.2) is 48.5 Å². The van der Waals surface area contributed by atoms with E-state index in [2.05, 4.69) is 0 Å². The molecule has 7 nitrogen and oxygen atoms in total. The second kappa shape index (κ2) is 11.0. The van der Waals surface area contributed by atoms with E-state index in [1.54, 1.807) is 29.2 Å². The van der Waals surface area contributed by atoms with Crippen molar-refractivity contribution in [1.29, 1.82) is 0 Å². The van der Waals surface area contributed by atoms with E-state index >= 15 is 0 Å². The molecule has 0 radical (unpaired) electrons. The number of nitrogens with zero attached hydrogens (tertiary/aromatic N) is 2. The number of hydrogen-bond acceptors (Lipinski definition) is 5. The Balaban J connectivity index is 1.42. The van der Waals surface area contributed by atoms with E-state index in [-0.39, 0.29) is 29.7 Å². The van der Waals surface area contributed by atoms with Crippen molar-refractivity contribution in [3.05, 3.63) is 59.9 Å². The third kappa shape index (κ3) is 7.45. The second-order valence-corrected chi connectivity index (χ2v) is 8.75. The lowest BCUT2D eigenvalue weighted by atomic mass is 10.2. The van der Waals surface area contributed by atoms with Gasteiger partial charge >= 0.3 is 5.97 Å². The molecule has 31 heavy (non-hydrogen) atoms. The van der Waals surface area contributed by atoms with Crippen LogP contribution in [0.2, 0.25) is 0 Å². The summed E-state index contributed by atoms with van der Waals surface area (Å²) in [4.78, 5) is 26.8. The summed E-state index contributed by atoms with van der Waals surface area (Å²) in [5.41, 5.74) is 0.830. The van der Waals surface area contributed by atoms with Gasteiger partial charge in [0.2, 0.25) is 5.91 Å². The predicted molar refractivity (Wildman–Crippen MR) is 115 cm³/mol.